The fourth-order valence-corrected chi connectivity index (χ4v) is 2.40. The van der Waals surface area contributed by atoms with Crippen LogP contribution in [0, 0.1) is 13.8 Å². The molecule has 1 aromatic rings. The van der Waals surface area contributed by atoms with Crippen LogP contribution >= 0.6 is 0 Å². The maximum Gasteiger partial charge on any atom is 0.103 e. The van der Waals surface area contributed by atoms with Gasteiger partial charge in [-0.2, -0.15) is 0 Å². The molecule has 2 rings (SSSR count). The molecule has 0 bridgehead atoms. The Hall–Kier alpha value is -0.790. The van der Waals surface area contributed by atoms with Gasteiger partial charge in [-0.3, -0.25) is 0 Å². The van der Waals surface area contributed by atoms with Gasteiger partial charge in [-0.1, -0.05) is 19.3 Å². The second kappa shape index (κ2) is 3.52. The van der Waals surface area contributed by atoms with Crippen molar-refractivity contribution in [1.82, 2.24) is 9.97 Å². The average molecular weight is 178 g/mol. The van der Waals surface area contributed by atoms with E-state index in [1.165, 1.54) is 43.5 Å². The molecule has 0 spiro atoms. The zero-order valence-corrected chi connectivity index (χ0v) is 8.56. The number of rotatable bonds is 1. The molecule has 1 N–H and O–H groups in total. The second-order valence-corrected chi connectivity index (χ2v) is 4.17. The van der Waals surface area contributed by atoms with Crippen LogP contribution in [-0.4, -0.2) is 9.97 Å². The number of hydrogen-bond acceptors (Lipinski definition) is 1. The Morgan fingerprint density at radius 1 is 1.15 bits per heavy atom. The molecular formula is C11H18N2. The molecule has 0 aliphatic heterocycles. The number of nitrogens with zero attached hydrogens (tertiary/aromatic N) is 1. The second-order valence-electron chi connectivity index (χ2n) is 4.17. The molecule has 1 saturated carbocycles. The van der Waals surface area contributed by atoms with Crippen molar-refractivity contribution < 1.29 is 0 Å². The highest BCUT2D eigenvalue weighted by Gasteiger charge is 2.19. The van der Waals surface area contributed by atoms with E-state index in [-0.39, 0.29) is 0 Å². The van der Waals surface area contributed by atoms with Gasteiger partial charge in [0.05, 0.1) is 5.69 Å². The van der Waals surface area contributed by atoms with Crippen molar-refractivity contribution in [3.8, 4) is 0 Å². The van der Waals surface area contributed by atoms with Crippen LogP contribution in [-0.2, 0) is 0 Å². The summed E-state index contributed by atoms with van der Waals surface area (Å²) in [5.41, 5.74) is 2.61. The molecule has 1 aromatic heterocycles. The fourth-order valence-electron chi connectivity index (χ4n) is 2.40. The zero-order chi connectivity index (χ0) is 9.26. The number of aromatic nitrogens is 2. The van der Waals surface area contributed by atoms with Crippen LogP contribution in [0.1, 0.15) is 55.2 Å². The molecule has 0 radical (unpaired) electrons. The lowest BCUT2D eigenvalue weighted by atomic mass is 9.86. The summed E-state index contributed by atoms with van der Waals surface area (Å²) < 4.78 is 0. The molecule has 1 heterocycles. The minimum atomic E-state index is 0.735. The van der Waals surface area contributed by atoms with Crippen molar-refractivity contribution in [3.63, 3.8) is 0 Å². The molecule has 1 fully saturated rings. The summed E-state index contributed by atoms with van der Waals surface area (Å²) in [6, 6.07) is 0. The third-order valence-electron chi connectivity index (χ3n) is 3.03. The van der Waals surface area contributed by atoms with Crippen LogP contribution in [0.3, 0.4) is 0 Å². The van der Waals surface area contributed by atoms with Gasteiger partial charge in [0.2, 0.25) is 0 Å². The zero-order valence-electron chi connectivity index (χ0n) is 8.56. The highest BCUT2D eigenvalue weighted by atomic mass is 14.9. The number of aryl methyl sites for hydroxylation is 2. The van der Waals surface area contributed by atoms with Gasteiger partial charge < -0.3 is 4.98 Å². The molecule has 0 amide bonds. The normalized spacial score (nSPS) is 19.2. The van der Waals surface area contributed by atoms with E-state index in [1.807, 2.05) is 6.92 Å². The first-order valence-corrected chi connectivity index (χ1v) is 5.30. The molecule has 0 unspecified atom stereocenters. The Balaban J connectivity index is 2.18. The van der Waals surface area contributed by atoms with Crippen molar-refractivity contribution in [1.29, 1.82) is 0 Å². The quantitative estimate of drug-likeness (QED) is 0.703. The smallest absolute Gasteiger partial charge is 0.103 e. The SMILES string of the molecule is Cc1nc(C2CCCCC2)c(C)[nH]1. The first kappa shape index (κ1) is 8.79. The van der Waals surface area contributed by atoms with Crippen molar-refractivity contribution in [2.75, 3.05) is 0 Å². The Morgan fingerprint density at radius 2 is 1.85 bits per heavy atom. The van der Waals surface area contributed by atoms with Gasteiger partial charge in [-0.15, -0.1) is 0 Å². The summed E-state index contributed by atoms with van der Waals surface area (Å²) in [7, 11) is 0. The van der Waals surface area contributed by atoms with Crippen LogP contribution in [0.25, 0.3) is 0 Å². The van der Waals surface area contributed by atoms with Crippen molar-refractivity contribution in [2.45, 2.75) is 51.9 Å². The van der Waals surface area contributed by atoms with E-state index in [0.717, 1.165) is 11.7 Å². The summed E-state index contributed by atoms with van der Waals surface area (Å²) in [5.74, 6) is 1.80. The predicted octanol–water partition coefficient (Wildman–Crippen LogP) is 3.07. The van der Waals surface area contributed by atoms with Crippen LogP contribution in [0.4, 0.5) is 0 Å². The lowest BCUT2D eigenvalue weighted by Gasteiger charge is -2.20. The van der Waals surface area contributed by atoms with E-state index >= 15 is 0 Å². The first-order chi connectivity index (χ1) is 6.27. The number of aromatic amines is 1. The summed E-state index contributed by atoms with van der Waals surface area (Å²) in [4.78, 5) is 7.87. The predicted molar refractivity (Wildman–Crippen MR) is 53.9 cm³/mol. The van der Waals surface area contributed by atoms with Gasteiger partial charge in [-0.05, 0) is 26.7 Å². The first-order valence-electron chi connectivity index (χ1n) is 5.30. The number of H-pyrrole nitrogens is 1. The molecule has 1 aliphatic rings. The largest absolute Gasteiger partial charge is 0.346 e. The summed E-state index contributed by atoms with van der Waals surface area (Å²) >= 11 is 0. The van der Waals surface area contributed by atoms with Crippen LogP contribution in [0.5, 0.6) is 0 Å². The van der Waals surface area contributed by atoms with E-state index < -0.39 is 0 Å². The van der Waals surface area contributed by atoms with E-state index in [9.17, 15) is 0 Å². The third-order valence-corrected chi connectivity index (χ3v) is 3.03. The molecule has 1 aliphatic carbocycles. The molecule has 0 aromatic carbocycles. The molecule has 13 heavy (non-hydrogen) atoms. The Kier molecular flexibility index (Phi) is 2.38. The summed E-state index contributed by atoms with van der Waals surface area (Å²) in [6.07, 6.45) is 6.86. The van der Waals surface area contributed by atoms with Gasteiger partial charge in [0.25, 0.3) is 0 Å². The Bertz CT molecular complexity index is 282. The van der Waals surface area contributed by atoms with Crippen LogP contribution in [0.2, 0.25) is 0 Å². The van der Waals surface area contributed by atoms with Gasteiger partial charge in [-0.25, -0.2) is 4.98 Å². The fraction of sp³-hybridized carbons (Fsp3) is 0.727. The number of imidazole rings is 1. The molecule has 0 saturated heterocycles. The standard InChI is InChI=1S/C11H18N2/c1-8-11(13-9(2)12-8)10-6-4-3-5-7-10/h10H,3-7H2,1-2H3,(H,12,13). The van der Waals surface area contributed by atoms with Crippen molar-refractivity contribution >= 4 is 0 Å². The average Bonchev–Trinajstić information content (AvgIpc) is 2.47. The number of nitrogens with one attached hydrogen (secondary N) is 1. The van der Waals surface area contributed by atoms with Crippen LogP contribution < -0.4 is 0 Å². The third kappa shape index (κ3) is 1.77. The van der Waals surface area contributed by atoms with E-state index in [2.05, 4.69) is 16.9 Å². The summed E-state index contributed by atoms with van der Waals surface area (Å²) in [6.45, 7) is 4.18. The highest BCUT2D eigenvalue weighted by Crippen LogP contribution is 2.32. The lowest BCUT2D eigenvalue weighted by molar-refractivity contribution is 0.436. The van der Waals surface area contributed by atoms with Gasteiger partial charge in [0.1, 0.15) is 5.82 Å². The lowest BCUT2D eigenvalue weighted by Crippen LogP contribution is -2.06. The maximum atomic E-state index is 4.58. The number of hydrogen-bond donors (Lipinski definition) is 1. The Labute approximate surface area is 79.8 Å². The molecule has 2 nitrogen and oxygen atoms in total. The molecule has 0 atom stereocenters. The van der Waals surface area contributed by atoms with Gasteiger partial charge in [0.15, 0.2) is 0 Å². The highest BCUT2D eigenvalue weighted by molar-refractivity contribution is 5.17. The molecular weight excluding hydrogens is 160 g/mol. The van der Waals surface area contributed by atoms with Crippen LogP contribution in [0.15, 0.2) is 0 Å². The van der Waals surface area contributed by atoms with E-state index in [0.29, 0.717) is 0 Å². The minimum absolute atomic E-state index is 0.735. The van der Waals surface area contributed by atoms with Gasteiger partial charge >= 0.3 is 0 Å². The van der Waals surface area contributed by atoms with E-state index in [4.69, 9.17) is 0 Å². The monoisotopic (exact) mass is 178 g/mol. The molecule has 2 heteroatoms. The topological polar surface area (TPSA) is 28.7 Å². The van der Waals surface area contributed by atoms with Gasteiger partial charge in [0, 0.05) is 11.6 Å². The minimum Gasteiger partial charge on any atom is -0.346 e. The van der Waals surface area contributed by atoms with Crippen molar-refractivity contribution in [2.24, 2.45) is 0 Å². The van der Waals surface area contributed by atoms with E-state index in [1.54, 1.807) is 0 Å². The maximum absolute atomic E-state index is 4.58. The molecule has 72 valence electrons. The van der Waals surface area contributed by atoms with Crippen molar-refractivity contribution in [3.05, 3.63) is 17.2 Å². The summed E-state index contributed by atoms with van der Waals surface area (Å²) in [5, 5.41) is 0. The Morgan fingerprint density at radius 3 is 2.38 bits per heavy atom.